The van der Waals surface area contributed by atoms with Gasteiger partial charge in [0.05, 0.1) is 5.56 Å². The van der Waals surface area contributed by atoms with Crippen molar-refractivity contribution in [2.45, 2.75) is 19.3 Å². The number of aromatic nitrogens is 2. The number of nitrogens with one attached hydrogen (secondary N) is 1. The molecule has 1 N–H and O–H groups in total. The Morgan fingerprint density at radius 3 is 2.59 bits per heavy atom. The minimum Gasteiger partial charge on any atom is -0.337 e. The average Bonchev–Trinajstić information content (AvgIpc) is 3.16. The van der Waals surface area contributed by atoms with Crippen molar-refractivity contribution in [3.05, 3.63) is 50.7 Å². The molecule has 3 rings (SSSR count). The van der Waals surface area contributed by atoms with Gasteiger partial charge in [-0.1, -0.05) is 29.6 Å². The standard InChI is InChI=1S/C16H16Cl2N4O3S2/c17-13-5-4-11(15(18)21-13)14(23)12(10-20-16-19-6-9-26-16)27(24,25)22-7-2-1-3-8-22/h4-6,9-10H,1-3,7-8H2,(H,19,20)/b12-10-. The molecule has 0 aromatic carbocycles. The molecule has 1 saturated heterocycles. The molecule has 3 heterocycles. The van der Waals surface area contributed by atoms with Crippen molar-refractivity contribution in [1.82, 2.24) is 14.3 Å². The lowest BCUT2D eigenvalue weighted by atomic mass is 10.2. The number of rotatable bonds is 6. The first-order chi connectivity index (χ1) is 12.9. The third-order valence-electron chi connectivity index (χ3n) is 3.98. The lowest BCUT2D eigenvalue weighted by molar-refractivity contribution is 0.104. The molecule has 0 bridgehead atoms. The summed E-state index contributed by atoms with van der Waals surface area (Å²) < 4.78 is 27.6. The highest BCUT2D eigenvalue weighted by atomic mass is 35.5. The molecule has 2 aromatic rings. The number of hydrogen-bond donors (Lipinski definition) is 1. The Kier molecular flexibility index (Phi) is 6.48. The summed E-state index contributed by atoms with van der Waals surface area (Å²) in [5.41, 5.74) is -0.0335. The zero-order chi connectivity index (χ0) is 19.4. The van der Waals surface area contributed by atoms with Crippen LogP contribution in [0.5, 0.6) is 0 Å². The summed E-state index contributed by atoms with van der Waals surface area (Å²) >= 11 is 13.1. The van der Waals surface area contributed by atoms with Crippen LogP contribution in [0, 0.1) is 0 Å². The van der Waals surface area contributed by atoms with Crippen molar-refractivity contribution in [3.63, 3.8) is 0 Å². The number of piperidine rings is 1. The molecule has 0 unspecified atom stereocenters. The number of allylic oxidation sites excluding steroid dienone is 1. The number of sulfonamides is 1. The van der Waals surface area contributed by atoms with Crippen LogP contribution < -0.4 is 5.32 Å². The fourth-order valence-corrected chi connectivity index (χ4v) is 5.14. The molecular formula is C16H16Cl2N4O3S2. The molecule has 0 atom stereocenters. The summed E-state index contributed by atoms with van der Waals surface area (Å²) in [4.78, 5) is 20.5. The lowest BCUT2D eigenvalue weighted by Gasteiger charge is -2.26. The van der Waals surface area contributed by atoms with Gasteiger partial charge in [0, 0.05) is 30.9 Å². The summed E-state index contributed by atoms with van der Waals surface area (Å²) in [6, 6.07) is 2.75. The SMILES string of the molecule is O=C(/C(=C/Nc1nccs1)S(=O)(=O)N1CCCCC1)c1ccc(Cl)nc1Cl. The van der Waals surface area contributed by atoms with Gasteiger partial charge in [0.2, 0.25) is 15.8 Å². The van der Waals surface area contributed by atoms with E-state index in [-0.39, 0.29) is 15.9 Å². The van der Waals surface area contributed by atoms with E-state index in [1.165, 1.54) is 27.8 Å². The largest absolute Gasteiger partial charge is 0.337 e. The van der Waals surface area contributed by atoms with Crippen LogP contribution in [-0.2, 0) is 10.0 Å². The molecule has 0 radical (unpaired) electrons. The third-order valence-corrected chi connectivity index (χ3v) is 7.08. The lowest BCUT2D eigenvalue weighted by Crippen LogP contribution is -2.38. The minimum absolute atomic E-state index is 0.0335. The Morgan fingerprint density at radius 1 is 1.22 bits per heavy atom. The van der Waals surface area contributed by atoms with Crippen LogP contribution in [0.25, 0.3) is 0 Å². The Balaban J connectivity index is 2.01. The fraction of sp³-hybridized carbons (Fsp3) is 0.312. The van der Waals surface area contributed by atoms with E-state index in [9.17, 15) is 13.2 Å². The van der Waals surface area contributed by atoms with E-state index in [0.717, 1.165) is 25.5 Å². The summed E-state index contributed by atoms with van der Waals surface area (Å²) in [6.07, 6.45) is 5.20. The van der Waals surface area contributed by atoms with Gasteiger partial charge >= 0.3 is 0 Å². The van der Waals surface area contributed by atoms with Crippen molar-refractivity contribution in [3.8, 4) is 0 Å². The Bertz CT molecular complexity index is 956. The Morgan fingerprint density at radius 2 is 1.96 bits per heavy atom. The van der Waals surface area contributed by atoms with E-state index in [1.54, 1.807) is 11.6 Å². The predicted octanol–water partition coefficient (Wildman–Crippen LogP) is 3.80. The molecule has 1 fully saturated rings. The molecule has 0 aliphatic carbocycles. The number of carbonyl (C=O) groups is 1. The first-order valence-electron chi connectivity index (χ1n) is 8.12. The average molecular weight is 447 g/mol. The van der Waals surface area contributed by atoms with E-state index in [4.69, 9.17) is 23.2 Å². The highest BCUT2D eigenvalue weighted by molar-refractivity contribution is 7.94. The van der Waals surface area contributed by atoms with E-state index in [0.29, 0.717) is 18.2 Å². The monoisotopic (exact) mass is 446 g/mol. The fourth-order valence-electron chi connectivity index (χ4n) is 2.64. The number of hydrogen-bond acceptors (Lipinski definition) is 7. The van der Waals surface area contributed by atoms with Crippen LogP contribution in [0.1, 0.15) is 29.6 Å². The second-order valence-corrected chi connectivity index (χ2v) is 9.30. The van der Waals surface area contributed by atoms with Crippen LogP contribution in [0.15, 0.2) is 34.8 Å². The number of carbonyl (C=O) groups excluding carboxylic acids is 1. The number of pyridine rings is 1. The Hall–Kier alpha value is -1.52. The van der Waals surface area contributed by atoms with Gasteiger partial charge in [0.25, 0.3) is 0 Å². The van der Waals surface area contributed by atoms with Gasteiger partial charge in [-0.25, -0.2) is 18.4 Å². The van der Waals surface area contributed by atoms with Gasteiger partial charge in [-0.3, -0.25) is 4.79 Å². The first-order valence-corrected chi connectivity index (χ1v) is 11.2. The van der Waals surface area contributed by atoms with Crippen LogP contribution in [-0.4, -0.2) is 41.6 Å². The van der Waals surface area contributed by atoms with Gasteiger partial charge in [-0.05, 0) is 25.0 Å². The zero-order valence-corrected chi connectivity index (χ0v) is 17.2. The molecular weight excluding hydrogens is 431 g/mol. The summed E-state index contributed by atoms with van der Waals surface area (Å²) in [5, 5.41) is 4.94. The maximum Gasteiger partial charge on any atom is 0.248 e. The smallest absolute Gasteiger partial charge is 0.248 e. The highest BCUT2D eigenvalue weighted by Gasteiger charge is 2.34. The number of Topliss-reactive ketones (excluding diaryl/α,β-unsaturated/α-hetero) is 1. The molecule has 1 aliphatic rings. The normalized spacial score (nSPS) is 16.3. The van der Waals surface area contributed by atoms with Crippen LogP contribution in [0.2, 0.25) is 10.3 Å². The molecule has 144 valence electrons. The Labute approximate surface area is 171 Å². The second kappa shape index (κ2) is 8.66. The van der Waals surface area contributed by atoms with Crippen LogP contribution >= 0.6 is 34.5 Å². The van der Waals surface area contributed by atoms with Crippen molar-refractivity contribution in [2.75, 3.05) is 18.4 Å². The number of thiazole rings is 1. The number of anilines is 1. The first kappa shape index (κ1) is 20.2. The van der Waals surface area contributed by atoms with E-state index in [2.05, 4.69) is 15.3 Å². The summed E-state index contributed by atoms with van der Waals surface area (Å²) in [6.45, 7) is 0.744. The van der Waals surface area contributed by atoms with Gasteiger partial charge in [-0.2, -0.15) is 4.31 Å². The van der Waals surface area contributed by atoms with E-state index < -0.39 is 20.7 Å². The number of nitrogens with zero attached hydrogens (tertiary/aromatic N) is 3. The quantitative estimate of drug-likeness (QED) is 0.412. The molecule has 11 heteroatoms. The van der Waals surface area contributed by atoms with Crippen molar-refractivity contribution >= 4 is 55.5 Å². The van der Waals surface area contributed by atoms with Gasteiger partial charge < -0.3 is 5.32 Å². The highest BCUT2D eigenvalue weighted by Crippen LogP contribution is 2.26. The van der Waals surface area contributed by atoms with E-state index in [1.807, 2.05) is 0 Å². The molecule has 0 saturated carbocycles. The van der Waals surface area contributed by atoms with Gasteiger partial charge in [0.1, 0.15) is 15.2 Å². The molecule has 0 spiro atoms. The topological polar surface area (TPSA) is 92.3 Å². The van der Waals surface area contributed by atoms with Crippen LogP contribution in [0.3, 0.4) is 0 Å². The molecule has 1 aliphatic heterocycles. The maximum absolute atomic E-state index is 13.1. The number of halogens is 2. The van der Waals surface area contributed by atoms with Crippen LogP contribution in [0.4, 0.5) is 5.13 Å². The molecule has 27 heavy (non-hydrogen) atoms. The molecule has 2 aromatic heterocycles. The molecule has 0 amide bonds. The summed E-state index contributed by atoms with van der Waals surface area (Å²) in [7, 11) is -4.01. The number of ketones is 1. The minimum atomic E-state index is -4.01. The maximum atomic E-state index is 13.1. The van der Waals surface area contributed by atoms with Crippen molar-refractivity contribution in [1.29, 1.82) is 0 Å². The van der Waals surface area contributed by atoms with Gasteiger partial charge in [-0.15, -0.1) is 11.3 Å². The second-order valence-electron chi connectivity index (χ2n) is 5.76. The third kappa shape index (κ3) is 4.67. The van der Waals surface area contributed by atoms with Crippen molar-refractivity contribution in [2.24, 2.45) is 0 Å². The molecule has 7 nitrogen and oxygen atoms in total. The zero-order valence-electron chi connectivity index (χ0n) is 14.1. The predicted molar refractivity (Wildman–Crippen MR) is 107 cm³/mol. The van der Waals surface area contributed by atoms with E-state index >= 15 is 0 Å². The van der Waals surface area contributed by atoms with Crippen molar-refractivity contribution < 1.29 is 13.2 Å². The van der Waals surface area contributed by atoms with Gasteiger partial charge in [0.15, 0.2) is 5.13 Å². The summed E-state index contributed by atoms with van der Waals surface area (Å²) in [5.74, 6) is -0.751.